The number of carbonyl (C=O) groups is 1. The molecule has 0 bridgehead atoms. The van der Waals surface area contributed by atoms with Crippen LogP contribution in [-0.2, 0) is 9.53 Å². The van der Waals surface area contributed by atoms with Crippen LogP contribution in [0.15, 0.2) is 73.0 Å². The van der Waals surface area contributed by atoms with Gasteiger partial charge in [0.15, 0.2) is 0 Å². The second-order valence-corrected chi connectivity index (χ2v) is 10.0. The van der Waals surface area contributed by atoms with E-state index >= 15 is 0 Å². The molecule has 3 nitrogen and oxygen atoms in total. The molecule has 4 atom stereocenters. The Bertz CT molecular complexity index is 1020. The van der Waals surface area contributed by atoms with E-state index in [0.717, 1.165) is 23.1 Å². The quantitative estimate of drug-likeness (QED) is 0.280. The molecule has 33 heavy (non-hydrogen) atoms. The third-order valence-electron chi connectivity index (χ3n) is 6.74. The lowest BCUT2D eigenvalue weighted by Gasteiger charge is -2.52. The monoisotopic (exact) mass is 485 g/mol. The van der Waals surface area contributed by atoms with Crippen molar-refractivity contribution >= 4 is 29.1 Å². The summed E-state index contributed by atoms with van der Waals surface area (Å²) in [6.45, 7) is 10.1. The Morgan fingerprint density at radius 3 is 2.48 bits per heavy atom. The van der Waals surface area contributed by atoms with Crippen molar-refractivity contribution < 1.29 is 9.53 Å². The Balaban J connectivity index is 2.27. The molecule has 0 aromatic heterocycles. The molecular weight excluding hydrogens is 453 g/mol. The average molecular weight is 486 g/mol. The van der Waals surface area contributed by atoms with Gasteiger partial charge in [-0.25, -0.2) is 0 Å². The van der Waals surface area contributed by atoms with Crippen LogP contribution in [0, 0.1) is 5.41 Å². The molecule has 0 N–H and O–H groups in total. The fourth-order valence-corrected chi connectivity index (χ4v) is 5.56. The van der Waals surface area contributed by atoms with Crippen LogP contribution in [0.4, 0.5) is 0 Å². The Morgan fingerprint density at radius 1 is 1.21 bits per heavy atom. The highest BCUT2D eigenvalue weighted by atomic mass is 35.5. The van der Waals surface area contributed by atoms with Gasteiger partial charge in [-0.15, -0.1) is 6.58 Å². The predicted octanol–water partition coefficient (Wildman–Crippen LogP) is 7.96. The summed E-state index contributed by atoms with van der Waals surface area (Å²) in [4.78, 5) is 16.3. The van der Waals surface area contributed by atoms with Crippen LogP contribution in [-0.4, -0.2) is 24.0 Å². The Kier molecular flexibility index (Phi) is 8.31. The number of likely N-dealkylation sites (tertiary alicyclic amines) is 1. The normalized spacial score (nSPS) is 24.5. The standard InChI is InChI=1S/C28H33Cl2NO2/c1-6-15-28(4)17-24(21-9-8-10-23(30)16-21)26(20-11-13-22(29)14-12-20)31(27(28)32)25(7-2)19(3)18-33-5/h6,8-14,16,18,24-26H,1,7,15,17H2,2-5H3/b19-18+/t24-,25+,26-,28+/m1/s1. The topological polar surface area (TPSA) is 29.5 Å². The highest BCUT2D eigenvalue weighted by molar-refractivity contribution is 6.30. The summed E-state index contributed by atoms with van der Waals surface area (Å²) in [5, 5.41) is 1.37. The first kappa shape index (κ1) is 25.4. The Morgan fingerprint density at radius 2 is 1.91 bits per heavy atom. The van der Waals surface area contributed by atoms with Gasteiger partial charge < -0.3 is 9.64 Å². The molecule has 5 heteroatoms. The van der Waals surface area contributed by atoms with Crippen LogP contribution < -0.4 is 0 Å². The van der Waals surface area contributed by atoms with Gasteiger partial charge in [-0.3, -0.25) is 4.79 Å². The minimum Gasteiger partial charge on any atom is -0.504 e. The van der Waals surface area contributed by atoms with E-state index in [0.29, 0.717) is 22.9 Å². The number of rotatable bonds is 8. The largest absolute Gasteiger partial charge is 0.504 e. The SMILES string of the molecule is C=CC[C@@]1(C)C[C@H](c2cccc(Cl)c2)[C@@H](c2ccc(Cl)cc2)N([C@@H](CC)/C(C)=C/OC)C1=O. The Labute approximate surface area is 208 Å². The maximum absolute atomic E-state index is 14.2. The number of ether oxygens (including phenoxy) is 1. The minimum absolute atomic E-state index is 0.0527. The fraction of sp³-hybridized carbons (Fsp3) is 0.393. The molecule has 1 fully saturated rings. The van der Waals surface area contributed by atoms with Crippen LogP contribution in [0.3, 0.4) is 0 Å². The van der Waals surface area contributed by atoms with Crippen molar-refractivity contribution in [3.63, 3.8) is 0 Å². The second-order valence-electron chi connectivity index (χ2n) is 9.15. The molecular formula is C28H33Cl2NO2. The number of halogens is 2. The second kappa shape index (κ2) is 10.8. The number of nitrogens with zero attached hydrogens (tertiary/aromatic N) is 1. The maximum Gasteiger partial charge on any atom is 0.229 e. The zero-order valence-electron chi connectivity index (χ0n) is 19.9. The van der Waals surface area contributed by atoms with E-state index < -0.39 is 5.41 Å². The smallest absolute Gasteiger partial charge is 0.229 e. The number of amides is 1. The number of allylic oxidation sites excluding steroid dienone is 1. The third kappa shape index (κ3) is 5.31. The average Bonchev–Trinajstić information content (AvgIpc) is 2.78. The summed E-state index contributed by atoms with van der Waals surface area (Å²) in [5.41, 5.74) is 2.62. The lowest BCUT2D eigenvalue weighted by molar-refractivity contribution is -0.153. The van der Waals surface area contributed by atoms with Gasteiger partial charge in [0.25, 0.3) is 0 Å². The summed E-state index contributed by atoms with van der Waals surface area (Å²) < 4.78 is 5.34. The molecule has 176 valence electrons. The molecule has 2 aromatic carbocycles. The zero-order chi connectivity index (χ0) is 24.2. The molecule has 1 saturated heterocycles. The number of hydrogen-bond acceptors (Lipinski definition) is 2. The Hall–Kier alpha value is -2.23. The summed E-state index contributed by atoms with van der Waals surface area (Å²) >= 11 is 12.6. The summed E-state index contributed by atoms with van der Waals surface area (Å²) in [6.07, 6.45) is 5.68. The number of piperidine rings is 1. The first-order valence-corrected chi connectivity index (χ1v) is 12.1. The molecule has 1 aliphatic heterocycles. The molecule has 0 spiro atoms. The fourth-order valence-electron chi connectivity index (χ4n) is 5.23. The number of methoxy groups -OCH3 is 1. The minimum atomic E-state index is -0.571. The van der Waals surface area contributed by atoms with Gasteiger partial charge >= 0.3 is 0 Å². The van der Waals surface area contributed by atoms with Crippen molar-refractivity contribution in [1.82, 2.24) is 4.90 Å². The van der Waals surface area contributed by atoms with Crippen LogP contribution in [0.25, 0.3) is 0 Å². The van der Waals surface area contributed by atoms with E-state index in [1.807, 2.05) is 55.5 Å². The molecule has 0 radical (unpaired) electrons. The maximum atomic E-state index is 14.2. The van der Waals surface area contributed by atoms with E-state index in [4.69, 9.17) is 27.9 Å². The molecule has 1 heterocycles. The molecule has 1 amide bonds. The molecule has 0 unspecified atom stereocenters. The summed E-state index contributed by atoms with van der Waals surface area (Å²) in [6, 6.07) is 15.6. The van der Waals surface area contributed by atoms with Crippen molar-refractivity contribution in [2.75, 3.05) is 7.11 Å². The van der Waals surface area contributed by atoms with E-state index in [1.165, 1.54) is 0 Å². The highest BCUT2D eigenvalue weighted by Crippen LogP contribution is 2.52. The number of benzene rings is 2. The van der Waals surface area contributed by atoms with Crippen LogP contribution in [0.2, 0.25) is 10.0 Å². The zero-order valence-corrected chi connectivity index (χ0v) is 21.4. The van der Waals surface area contributed by atoms with Gasteiger partial charge in [0, 0.05) is 16.0 Å². The lowest BCUT2D eigenvalue weighted by atomic mass is 9.67. The van der Waals surface area contributed by atoms with Gasteiger partial charge in [-0.2, -0.15) is 0 Å². The number of carbonyl (C=O) groups excluding carboxylic acids is 1. The van der Waals surface area contributed by atoms with E-state index in [1.54, 1.807) is 13.4 Å². The van der Waals surface area contributed by atoms with Crippen molar-refractivity contribution in [2.45, 2.75) is 58.0 Å². The first-order chi connectivity index (χ1) is 15.8. The van der Waals surface area contributed by atoms with Gasteiger partial charge in [0.2, 0.25) is 5.91 Å². The molecule has 2 aromatic rings. The van der Waals surface area contributed by atoms with E-state index in [-0.39, 0.29) is 23.9 Å². The first-order valence-electron chi connectivity index (χ1n) is 11.4. The lowest BCUT2D eigenvalue weighted by Crippen LogP contribution is -2.55. The van der Waals surface area contributed by atoms with Crippen molar-refractivity contribution in [2.24, 2.45) is 5.41 Å². The van der Waals surface area contributed by atoms with Gasteiger partial charge in [0.1, 0.15) is 0 Å². The van der Waals surface area contributed by atoms with Crippen LogP contribution >= 0.6 is 23.2 Å². The van der Waals surface area contributed by atoms with Gasteiger partial charge in [-0.05, 0) is 67.2 Å². The summed E-state index contributed by atoms with van der Waals surface area (Å²) in [5.74, 6) is 0.188. The van der Waals surface area contributed by atoms with Crippen molar-refractivity contribution in [3.8, 4) is 0 Å². The predicted molar refractivity (Wildman–Crippen MR) is 138 cm³/mol. The number of hydrogen-bond donors (Lipinski definition) is 0. The van der Waals surface area contributed by atoms with Crippen molar-refractivity contribution in [3.05, 3.63) is 94.2 Å². The van der Waals surface area contributed by atoms with Crippen molar-refractivity contribution in [1.29, 1.82) is 0 Å². The summed E-state index contributed by atoms with van der Waals surface area (Å²) in [7, 11) is 1.64. The van der Waals surface area contributed by atoms with Gasteiger partial charge in [-0.1, -0.05) is 67.4 Å². The molecule has 0 saturated carbocycles. The van der Waals surface area contributed by atoms with E-state index in [9.17, 15) is 4.79 Å². The highest BCUT2D eigenvalue weighted by Gasteiger charge is 2.51. The van der Waals surface area contributed by atoms with Crippen LogP contribution in [0.5, 0.6) is 0 Å². The molecule has 0 aliphatic carbocycles. The molecule has 1 aliphatic rings. The molecule has 3 rings (SSSR count). The van der Waals surface area contributed by atoms with Gasteiger partial charge in [0.05, 0.1) is 30.9 Å². The van der Waals surface area contributed by atoms with E-state index in [2.05, 4.69) is 31.4 Å². The van der Waals surface area contributed by atoms with Crippen LogP contribution in [0.1, 0.15) is 63.1 Å². The third-order valence-corrected chi connectivity index (χ3v) is 7.22.